The lowest BCUT2D eigenvalue weighted by molar-refractivity contribution is -0.120. The molecule has 0 saturated carbocycles. The van der Waals surface area contributed by atoms with Crippen LogP contribution >= 0.6 is 0 Å². The van der Waals surface area contributed by atoms with Gasteiger partial charge in [0.1, 0.15) is 11.4 Å². The molecule has 2 amide bonds. The summed E-state index contributed by atoms with van der Waals surface area (Å²) in [4.78, 5) is 31.5. The van der Waals surface area contributed by atoms with Gasteiger partial charge in [-0.2, -0.15) is 0 Å². The number of hydrogen-bond acceptors (Lipinski definition) is 6. The Morgan fingerprint density at radius 1 is 1.00 bits per heavy atom. The predicted molar refractivity (Wildman–Crippen MR) is 118 cm³/mol. The van der Waals surface area contributed by atoms with Gasteiger partial charge < -0.3 is 19.6 Å². The molecule has 0 unspecified atom stereocenters. The zero-order chi connectivity index (χ0) is 21.8. The molecule has 1 aliphatic heterocycles. The first-order valence-electron chi connectivity index (χ1n) is 9.84. The van der Waals surface area contributed by atoms with Crippen LogP contribution in [0.4, 0.5) is 11.4 Å². The Hall–Kier alpha value is -3.32. The van der Waals surface area contributed by atoms with E-state index >= 15 is 0 Å². The van der Waals surface area contributed by atoms with Gasteiger partial charge in [-0.25, -0.2) is 4.90 Å². The highest BCUT2D eigenvalue weighted by molar-refractivity contribution is 6.45. The third-order valence-corrected chi connectivity index (χ3v) is 4.93. The van der Waals surface area contributed by atoms with E-state index in [2.05, 4.69) is 0 Å². The molecule has 2 aromatic carbocycles. The molecule has 0 saturated heterocycles. The van der Waals surface area contributed by atoms with Crippen molar-refractivity contribution in [2.75, 3.05) is 50.7 Å². The summed E-state index contributed by atoms with van der Waals surface area (Å²) in [5, 5.41) is 9.39. The van der Waals surface area contributed by atoms with Crippen LogP contribution in [0.3, 0.4) is 0 Å². The molecule has 7 nitrogen and oxygen atoms in total. The third kappa shape index (κ3) is 4.02. The zero-order valence-electron chi connectivity index (χ0n) is 17.8. The summed E-state index contributed by atoms with van der Waals surface area (Å²) >= 11 is 0. The molecule has 30 heavy (non-hydrogen) atoms. The van der Waals surface area contributed by atoms with Gasteiger partial charge >= 0.3 is 0 Å². The lowest BCUT2D eigenvalue weighted by Gasteiger charge is -2.21. The minimum absolute atomic E-state index is 0.131. The van der Waals surface area contributed by atoms with Gasteiger partial charge in [0, 0.05) is 33.4 Å². The quantitative estimate of drug-likeness (QED) is 0.675. The number of ether oxygens (including phenoxy) is 1. The number of aliphatic hydroxyl groups is 1. The molecule has 0 aliphatic carbocycles. The standard InChI is InChI=1S/C23H27N3O4/c1-5-30-19-11-9-16(10-12-19)20-21(25(4)13-14-27)23(29)26(22(20)28)18-8-6-7-17(15-18)24(2)3/h6-12,15,27H,5,13-14H2,1-4H3. The fourth-order valence-electron chi connectivity index (χ4n) is 3.42. The molecular formula is C23H27N3O4. The van der Waals surface area contributed by atoms with Crippen LogP contribution in [0.1, 0.15) is 12.5 Å². The highest BCUT2D eigenvalue weighted by Crippen LogP contribution is 2.35. The zero-order valence-corrected chi connectivity index (χ0v) is 17.8. The molecule has 0 atom stereocenters. The highest BCUT2D eigenvalue weighted by atomic mass is 16.5. The molecule has 2 aromatic rings. The number of nitrogens with zero attached hydrogens (tertiary/aromatic N) is 3. The van der Waals surface area contributed by atoms with Gasteiger partial charge in [0.25, 0.3) is 11.8 Å². The van der Waals surface area contributed by atoms with Crippen LogP contribution in [0, 0.1) is 0 Å². The molecule has 3 rings (SSSR count). The van der Waals surface area contributed by atoms with Crippen LogP contribution < -0.4 is 14.5 Å². The molecule has 0 aromatic heterocycles. The summed E-state index contributed by atoms with van der Waals surface area (Å²) in [5.74, 6) is -0.102. The lowest BCUT2D eigenvalue weighted by Crippen LogP contribution is -2.35. The summed E-state index contributed by atoms with van der Waals surface area (Å²) in [7, 11) is 5.50. The van der Waals surface area contributed by atoms with Gasteiger partial charge in [0.15, 0.2) is 0 Å². The Labute approximate surface area is 176 Å². The van der Waals surface area contributed by atoms with E-state index in [4.69, 9.17) is 4.74 Å². The van der Waals surface area contributed by atoms with E-state index in [-0.39, 0.29) is 24.8 Å². The van der Waals surface area contributed by atoms with Crippen LogP contribution in [0.15, 0.2) is 54.2 Å². The molecule has 0 bridgehead atoms. The van der Waals surface area contributed by atoms with E-state index in [9.17, 15) is 14.7 Å². The van der Waals surface area contributed by atoms with Crippen LogP contribution in [-0.2, 0) is 9.59 Å². The third-order valence-electron chi connectivity index (χ3n) is 4.93. The first kappa shape index (κ1) is 21.4. The van der Waals surface area contributed by atoms with Crippen LogP contribution in [0.25, 0.3) is 5.57 Å². The molecular weight excluding hydrogens is 382 g/mol. The van der Waals surface area contributed by atoms with Gasteiger partial charge in [0.05, 0.1) is 24.5 Å². The Balaban J connectivity index is 2.07. The maximum absolute atomic E-state index is 13.4. The normalized spacial score (nSPS) is 13.8. The topological polar surface area (TPSA) is 73.3 Å². The number of amides is 2. The second kappa shape index (κ2) is 9.00. The van der Waals surface area contributed by atoms with Gasteiger partial charge in [-0.05, 0) is 42.8 Å². The molecule has 1 heterocycles. The Bertz CT molecular complexity index is 967. The van der Waals surface area contributed by atoms with E-state index in [1.807, 2.05) is 38.1 Å². The van der Waals surface area contributed by atoms with E-state index in [0.717, 1.165) is 5.69 Å². The number of benzene rings is 2. The average Bonchev–Trinajstić information content (AvgIpc) is 2.99. The molecule has 0 spiro atoms. The number of imide groups is 1. The first-order chi connectivity index (χ1) is 14.4. The van der Waals surface area contributed by atoms with Crippen molar-refractivity contribution in [3.8, 4) is 5.75 Å². The Kier molecular flexibility index (Phi) is 6.42. The van der Waals surface area contributed by atoms with Crippen LogP contribution in [-0.4, -0.2) is 62.7 Å². The van der Waals surface area contributed by atoms with Crippen molar-refractivity contribution in [2.24, 2.45) is 0 Å². The van der Waals surface area contributed by atoms with Crippen molar-refractivity contribution in [2.45, 2.75) is 6.92 Å². The van der Waals surface area contributed by atoms with Crippen LogP contribution in [0.5, 0.6) is 5.75 Å². The van der Waals surface area contributed by atoms with Crippen molar-refractivity contribution in [3.05, 3.63) is 59.8 Å². The number of rotatable bonds is 8. The minimum Gasteiger partial charge on any atom is -0.494 e. The largest absolute Gasteiger partial charge is 0.494 e. The summed E-state index contributed by atoms with van der Waals surface area (Å²) in [6.07, 6.45) is 0. The maximum Gasteiger partial charge on any atom is 0.282 e. The van der Waals surface area contributed by atoms with E-state index in [1.165, 1.54) is 4.90 Å². The summed E-state index contributed by atoms with van der Waals surface area (Å²) < 4.78 is 5.48. The smallest absolute Gasteiger partial charge is 0.282 e. The second-order valence-corrected chi connectivity index (χ2v) is 7.19. The molecule has 7 heteroatoms. The fraction of sp³-hybridized carbons (Fsp3) is 0.304. The summed E-state index contributed by atoms with van der Waals surface area (Å²) in [5.41, 5.74) is 2.60. The SMILES string of the molecule is CCOc1ccc(C2=C(N(C)CCO)C(=O)N(c3cccc(N(C)C)c3)C2=O)cc1. The van der Waals surface area contributed by atoms with E-state index < -0.39 is 5.91 Å². The van der Waals surface area contributed by atoms with Gasteiger partial charge in [0.2, 0.25) is 0 Å². The number of carbonyl (C=O) groups is 2. The fourth-order valence-corrected chi connectivity index (χ4v) is 3.42. The maximum atomic E-state index is 13.4. The Morgan fingerprint density at radius 2 is 1.70 bits per heavy atom. The van der Waals surface area contributed by atoms with Gasteiger partial charge in [-0.3, -0.25) is 9.59 Å². The van der Waals surface area contributed by atoms with E-state index in [0.29, 0.717) is 29.2 Å². The number of anilines is 2. The average molecular weight is 409 g/mol. The highest BCUT2D eigenvalue weighted by Gasteiger charge is 2.41. The van der Waals surface area contributed by atoms with Gasteiger partial charge in [-0.15, -0.1) is 0 Å². The number of carbonyl (C=O) groups excluding carboxylic acids is 2. The minimum atomic E-state index is -0.407. The molecule has 1 N–H and O–H groups in total. The molecule has 0 radical (unpaired) electrons. The van der Waals surface area contributed by atoms with Crippen molar-refractivity contribution in [1.29, 1.82) is 0 Å². The van der Waals surface area contributed by atoms with Crippen molar-refractivity contribution in [3.63, 3.8) is 0 Å². The molecule has 1 aliphatic rings. The van der Waals surface area contributed by atoms with Crippen molar-refractivity contribution < 1.29 is 19.4 Å². The second-order valence-electron chi connectivity index (χ2n) is 7.19. The number of likely N-dealkylation sites (N-methyl/N-ethyl adjacent to an activating group) is 1. The van der Waals surface area contributed by atoms with Crippen molar-refractivity contribution >= 4 is 28.8 Å². The summed E-state index contributed by atoms with van der Waals surface area (Å²) in [6.45, 7) is 2.55. The van der Waals surface area contributed by atoms with E-state index in [1.54, 1.807) is 48.3 Å². The lowest BCUT2D eigenvalue weighted by atomic mass is 10.0. The first-order valence-corrected chi connectivity index (χ1v) is 9.84. The molecule has 0 fully saturated rings. The Morgan fingerprint density at radius 3 is 2.30 bits per heavy atom. The molecule has 158 valence electrons. The monoisotopic (exact) mass is 409 g/mol. The number of hydrogen-bond donors (Lipinski definition) is 1. The number of aliphatic hydroxyl groups excluding tert-OH is 1. The summed E-state index contributed by atoms with van der Waals surface area (Å²) in [6, 6.07) is 14.4. The van der Waals surface area contributed by atoms with Crippen molar-refractivity contribution in [1.82, 2.24) is 4.90 Å². The van der Waals surface area contributed by atoms with Crippen LogP contribution in [0.2, 0.25) is 0 Å². The van der Waals surface area contributed by atoms with Gasteiger partial charge in [-0.1, -0.05) is 18.2 Å². The predicted octanol–water partition coefficient (Wildman–Crippen LogP) is 2.36.